The number of carbonyl (C=O) groups excluding carboxylic acids is 2. The van der Waals surface area contributed by atoms with Gasteiger partial charge >= 0.3 is 11.9 Å². The number of hydrogen-bond acceptors (Lipinski definition) is 3. The molecule has 1 radical (unpaired) electrons. The number of esters is 1. The van der Waals surface area contributed by atoms with E-state index < -0.39 is 11.9 Å². The van der Waals surface area contributed by atoms with Crippen molar-refractivity contribution in [2.45, 2.75) is 26.7 Å². The van der Waals surface area contributed by atoms with E-state index in [2.05, 4.69) is 4.74 Å². The lowest BCUT2D eigenvalue weighted by molar-refractivity contribution is -0.153. The van der Waals surface area contributed by atoms with E-state index >= 15 is 0 Å². The predicted molar refractivity (Wildman–Crippen MR) is 40.7 cm³/mol. The Hall–Kier alpha value is -1.06. The highest BCUT2D eigenvalue weighted by atomic mass is 16.5. The van der Waals surface area contributed by atoms with Crippen LogP contribution in [0.15, 0.2) is 0 Å². The fraction of sp³-hybridized carbons (Fsp3) is 0.750. The molecule has 4 nitrogen and oxygen atoms in total. The van der Waals surface area contributed by atoms with Crippen molar-refractivity contribution in [3.05, 3.63) is 0 Å². The minimum absolute atomic E-state index is 0.0961. The van der Waals surface area contributed by atoms with Crippen molar-refractivity contribution in [2.24, 2.45) is 5.92 Å². The maximum absolute atomic E-state index is 10.7. The average molecular weight is 173 g/mol. The lowest BCUT2D eigenvalue weighted by Crippen LogP contribution is -2.17. The quantitative estimate of drug-likeness (QED) is 0.581. The van der Waals surface area contributed by atoms with Crippen molar-refractivity contribution >= 4 is 11.9 Å². The molecular formula is C8H13O4. The van der Waals surface area contributed by atoms with E-state index in [0.29, 0.717) is 12.8 Å². The molecule has 0 fully saturated rings. The molecule has 0 aromatic carbocycles. The van der Waals surface area contributed by atoms with Gasteiger partial charge in [-0.05, 0) is 13.3 Å². The highest BCUT2D eigenvalue weighted by Crippen LogP contribution is 1.98. The summed E-state index contributed by atoms with van der Waals surface area (Å²) in [6.07, 6.45) is 1.04. The van der Waals surface area contributed by atoms with E-state index in [-0.39, 0.29) is 12.6 Å². The Bertz CT molecular complexity index is 164. The first-order valence-electron chi connectivity index (χ1n) is 3.94. The zero-order valence-electron chi connectivity index (χ0n) is 7.33. The van der Waals surface area contributed by atoms with E-state index in [1.807, 2.05) is 6.92 Å². The molecule has 0 spiro atoms. The molecular weight excluding hydrogens is 160 g/mol. The molecule has 12 heavy (non-hydrogen) atoms. The fourth-order valence-corrected chi connectivity index (χ4v) is 0.562. The number of hydrogen-bond donors (Lipinski definition) is 0. The van der Waals surface area contributed by atoms with Gasteiger partial charge in [0.25, 0.3) is 0 Å². The highest BCUT2D eigenvalue weighted by molar-refractivity contribution is 5.71. The molecule has 0 aliphatic carbocycles. The van der Waals surface area contributed by atoms with E-state index in [4.69, 9.17) is 0 Å². The van der Waals surface area contributed by atoms with Crippen molar-refractivity contribution in [2.75, 3.05) is 6.61 Å². The molecule has 0 aromatic heterocycles. The molecule has 0 aliphatic heterocycles. The molecule has 0 bridgehead atoms. The van der Waals surface area contributed by atoms with Gasteiger partial charge in [0.05, 0.1) is 5.92 Å². The van der Waals surface area contributed by atoms with E-state index in [1.54, 1.807) is 0 Å². The Labute approximate surface area is 71.5 Å². The molecule has 0 N–H and O–H groups in total. The van der Waals surface area contributed by atoms with Crippen LogP contribution in [0.4, 0.5) is 0 Å². The van der Waals surface area contributed by atoms with Crippen LogP contribution < -0.4 is 0 Å². The van der Waals surface area contributed by atoms with Crippen LogP contribution >= 0.6 is 0 Å². The van der Waals surface area contributed by atoms with Crippen LogP contribution in [0.2, 0.25) is 0 Å². The third-order valence-electron chi connectivity index (χ3n) is 1.35. The molecule has 1 unspecified atom stereocenters. The number of rotatable bonds is 5. The topological polar surface area (TPSA) is 63.3 Å². The second-order valence-corrected chi connectivity index (χ2v) is 2.65. The second kappa shape index (κ2) is 5.57. The maximum atomic E-state index is 10.7. The third kappa shape index (κ3) is 4.71. The zero-order valence-corrected chi connectivity index (χ0v) is 7.33. The van der Waals surface area contributed by atoms with Gasteiger partial charge in [0.15, 0.2) is 0 Å². The van der Waals surface area contributed by atoms with Crippen molar-refractivity contribution in [3.8, 4) is 0 Å². The lowest BCUT2D eigenvalue weighted by atomic mass is 10.2. The largest absolute Gasteiger partial charge is 0.465 e. The standard InChI is InChI=1S/C8H13O4/c1-3-4-7(9)12-5-6(2)8(10)11/h6H,3-5H2,1-2H3. The summed E-state index contributed by atoms with van der Waals surface area (Å²) in [4.78, 5) is 20.9. The van der Waals surface area contributed by atoms with Crippen LogP contribution in [0.3, 0.4) is 0 Å². The zero-order chi connectivity index (χ0) is 9.56. The molecule has 4 heteroatoms. The molecule has 0 heterocycles. The minimum Gasteiger partial charge on any atom is -0.465 e. The Morgan fingerprint density at radius 1 is 1.42 bits per heavy atom. The first-order valence-corrected chi connectivity index (χ1v) is 3.94. The number of ether oxygens (including phenoxy) is 1. The first-order chi connectivity index (χ1) is 5.57. The smallest absolute Gasteiger partial charge is 0.361 e. The summed E-state index contributed by atoms with van der Waals surface area (Å²) in [5.41, 5.74) is 0. The van der Waals surface area contributed by atoms with Gasteiger partial charge < -0.3 is 4.74 Å². The second-order valence-electron chi connectivity index (χ2n) is 2.65. The summed E-state index contributed by atoms with van der Waals surface area (Å²) in [5, 5.41) is 10.2. The molecule has 0 aromatic rings. The Morgan fingerprint density at radius 2 is 2.00 bits per heavy atom. The fourth-order valence-electron chi connectivity index (χ4n) is 0.562. The third-order valence-corrected chi connectivity index (χ3v) is 1.35. The van der Waals surface area contributed by atoms with Gasteiger partial charge in [-0.3, -0.25) is 4.79 Å². The molecule has 0 aliphatic rings. The first kappa shape index (κ1) is 10.9. The van der Waals surface area contributed by atoms with Crippen molar-refractivity contribution < 1.29 is 19.4 Å². The molecule has 1 atom stereocenters. The van der Waals surface area contributed by atoms with E-state index in [0.717, 1.165) is 0 Å². The van der Waals surface area contributed by atoms with Gasteiger partial charge in [-0.1, -0.05) is 6.92 Å². The molecule has 0 amide bonds. The molecule has 0 saturated carbocycles. The van der Waals surface area contributed by atoms with Crippen LogP contribution in [0.25, 0.3) is 0 Å². The van der Waals surface area contributed by atoms with E-state index in [1.165, 1.54) is 6.92 Å². The van der Waals surface area contributed by atoms with E-state index in [9.17, 15) is 14.7 Å². The molecule has 69 valence electrons. The van der Waals surface area contributed by atoms with Gasteiger partial charge in [-0.25, -0.2) is 9.90 Å². The maximum Gasteiger partial charge on any atom is 0.361 e. The summed E-state index contributed by atoms with van der Waals surface area (Å²) < 4.78 is 4.65. The van der Waals surface area contributed by atoms with Gasteiger partial charge in [0.2, 0.25) is 0 Å². The summed E-state index contributed by atoms with van der Waals surface area (Å²) >= 11 is 0. The lowest BCUT2D eigenvalue weighted by Gasteiger charge is -2.05. The van der Waals surface area contributed by atoms with Crippen LogP contribution in [0.1, 0.15) is 26.7 Å². The van der Waals surface area contributed by atoms with Crippen molar-refractivity contribution in [1.29, 1.82) is 0 Å². The normalized spacial score (nSPS) is 12.2. The van der Waals surface area contributed by atoms with Gasteiger partial charge in [0, 0.05) is 6.42 Å². The van der Waals surface area contributed by atoms with Crippen molar-refractivity contribution in [3.63, 3.8) is 0 Å². The Kier molecular flexibility index (Phi) is 5.08. The highest BCUT2D eigenvalue weighted by Gasteiger charge is 2.14. The van der Waals surface area contributed by atoms with Crippen LogP contribution in [-0.4, -0.2) is 18.5 Å². The summed E-state index contributed by atoms with van der Waals surface area (Å²) in [5.74, 6) is -2.28. The minimum atomic E-state index is -1.20. The van der Waals surface area contributed by atoms with Gasteiger partial charge in [0.1, 0.15) is 6.61 Å². The Balaban J connectivity index is 3.54. The van der Waals surface area contributed by atoms with Crippen LogP contribution in [0.5, 0.6) is 0 Å². The summed E-state index contributed by atoms with van der Waals surface area (Å²) in [6.45, 7) is 3.19. The summed E-state index contributed by atoms with van der Waals surface area (Å²) in [7, 11) is 0. The number of carbonyl (C=O) groups is 2. The van der Waals surface area contributed by atoms with Gasteiger partial charge in [-0.2, -0.15) is 0 Å². The van der Waals surface area contributed by atoms with Gasteiger partial charge in [-0.15, -0.1) is 0 Å². The molecule has 0 rings (SSSR count). The predicted octanol–water partition coefficient (Wildman–Crippen LogP) is 0.923. The Morgan fingerprint density at radius 3 is 2.42 bits per heavy atom. The molecule has 0 saturated heterocycles. The van der Waals surface area contributed by atoms with Crippen molar-refractivity contribution in [1.82, 2.24) is 0 Å². The van der Waals surface area contributed by atoms with Crippen LogP contribution in [-0.2, 0) is 19.4 Å². The SMILES string of the molecule is CCCC(=O)OCC(C)C([O])=O. The summed E-state index contributed by atoms with van der Waals surface area (Å²) in [6, 6.07) is 0. The monoisotopic (exact) mass is 173 g/mol. The average Bonchev–Trinajstić information content (AvgIpc) is 2.00. The van der Waals surface area contributed by atoms with Crippen LogP contribution in [0, 0.1) is 5.92 Å².